The van der Waals surface area contributed by atoms with Gasteiger partial charge < -0.3 is 10.2 Å². The third-order valence-corrected chi connectivity index (χ3v) is 4.43. The van der Waals surface area contributed by atoms with E-state index < -0.39 is 0 Å². The van der Waals surface area contributed by atoms with E-state index in [-0.39, 0.29) is 17.7 Å². The molecule has 2 rings (SSSR count). The van der Waals surface area contributed by atoms with Gasteiger partial charge in [0.25, 0.3) is 0 Å². The molecule has 0 saturated carbocycles. The van der Waals surface area contributed by atoms with Crippen LogP contribution in [0, 0.1) is 5.92 Å². The summed E-state index contributed by atoms with van der Waals surface area (Å²) in [6, 6.07) is 0. The van der Waals surface area contributed by atoms with Crippen molar-refractivity contribution in [3.05, 3.63) is 5.01 Å². The molecule has 1 unspecified atom stereocenters. The van der Waals surface area contributed by atoms with E-state index in [9.17, 15) is 9.59 Å². The van der Waals surface area contributed by atoms with Crippen LogP contribution in [0.2, 0.25) is 0 Å². The third kappa shape index (κ3) is 3.53. The van der Waals surface area contributed by atoms with Crippen LogP contribution in [0.25, 0.3) is 0 Å². The first-order valence-corrected chi connectivity index (χ1v) is 7.86. The van der Waals surface area contributed by atoms with Crippen LogP contribution in [0.4, 0.5) is 5.13 Å². The number of carbonyl (C=O) groups excluding carboxylic acids is 2. The summed E-state index contributed by atoms with van der Waals surface area (Å²) in [5, 5.41) is 12.2. The summed E-state index contributed by atoms with van der Waals surface area (Å²) in [6.45, 7) is 5.12. The minimum absolute atomic E-state index is 0.0580. The Morgan fingerprint density at radius 3 is 2.85 bits per heavy atom. The van der Waals surface area contributed by atoms with Gasteiger partial charge in [0, 0.05) is 19.5 Å². The second-order valence-corrected chi connectivity index (χ2v) is 5.94. The number of likely N-dealkylation sites (tertiary alicyclic amines) is 1. The quantitative estimate of drug-likeness (QED) is 0.917. The second kappa shape index (κ2) is 6.78. The van der Waals surface area contributed by atoms with Crippen LogP contribution in [0.3, 0.4) is 0 Å². The van der Waals surface area contributed by atoms with Gasteiger partial charge in [0.15, 0.2) is 0 Å². The molecule has 1 aromatic heterocycles. The molecule has 0 aromatic carbocycles. The Kier molecular flexibility index (Phi) is 5.05. The highest BCUT2D eigenvalue weighted by Gasteiger charge is 2.28. The third-order valence-electron chi connectivity index (χ3n) is 3.45. The van der Waals surface area contributed by atoms with E-state index in [0.29, 0.717) is 18.1 Å². The van der Waals surface area contributed by atoms with Crippen molar-refractivity contribution in [1.82, 2.24) is 15.1 Å². The zero-order valence-corrected chi connectivity index (χ0v) is 12.7. The van der Waals surface area contributed by atoms with Crippen LogP contribution < -0.4 is 5.32 Å². The molecule has 0 spiro atoms. The zero-order chi connectivity index (χ0) is 14.5. The maximum absolute atomic E-state index is 12.2. The molecule has 1 N–H and O–H groups in total. The smallest absolute Gasteiger partial charge is 0.231 e. The van der Waals surface area contributed by atoms with Crippen molar-refractivity contribution in [1.29, 1.82) is 0 Å². The Morgan fingerprint density at radius 1 is 1.40 bits per heavy atom. The molecular weight excluding hydrogens is 276 g/mol. The van der Waals surface area contributed by atoms with Gasteiger partial charge in [-0.05, 0) is 19.3 Å². The zero-order valence-electron chi connectivity index (χ0n) is 11.9. The highest BCUT2D eigenvalue weighted by molar-refractivity contribution is 7.15. The van der Waals surface area contributed by atoms with E-state index in [1.54, 1.807) is 4.90 Å². The predicted octanol–water partition coefficient (Wildman–Crippen LogP) is 1.69. The molecule has 2 amide bonds. The van der Waals surface area contributed by atoms with Crippen molar-refractivity contribution < 1.29 is 9.59 Å². The monoisotopic (exact) mass is 296 g/mol. The van der Waals surface area contributed by atoms with Crippen molar-refractivity contribution in [3.8, 4) is 0 Å². The topological polar surface area (TPSA) is 75.2 Å². The number of aryl methyl sites for hydroxylation is 1. The number of aromatic nitrogens is 2. The molecule has 1 aliphatic heterocycles. The summed E-state index contributed by atoms with van der Waals surface area (Å²) in [7, 11) is 0. The summed E-state index contributed by atoms with van der Waals surface area (Å²) >= 11 is 1.40. The van der Waals surface area contributed by atoms with Crippen LogP contribution in [0.5, 0.6) is 0 Å². The molecule has 1 atom stereocenters. The average molecular weight is 296 g/mol. The molecule has 7 heteroatoms. The SMILES string of the molecule is CCC(=O)N1CCCC(C(=O)Nc2nnc(CC)s2)C1. The fourth-order valence-electron chi connectivity index (χ4n) is 2.30. The lowest BCUT2D eigenvalue weighted by Gasteiger charge is -2.31. The molecule has 1 fully saturated rings. The first-order chi connectivity index (χ1) is 9.63. The lowest BCUT2D eigenvalue weighted by Crippen LogP contribution is -2.43. The van der Waals surface area contributed by atoms with Gasteiger partial charge in [0.05, 0.1) is 5.92 Å². The van der Waals surface area contributed by atoms with Gasteiger partial charge in [0.1, 0.15) is 5.01 Å². The molecule has 6 nitrogen and oxygen atoms in total. The van der Waals surface area contributed by atoms with Crippen LogP contribution in [-0.4, -0.2) is 40.0 Å². The molecular formula is C13H20N4O2S. The Bertz CT molecular complexity index is 488. The summed E-state index contributed by atoms with van der Waals surface area (Å²) in [4.78, 5) is 25.7. The fraction of sp³-hybridized carbons (Fsp3) is 0.692. The van der Waals surface area contributed by atoms with E-state index in [0.717, 1.165) is 30.8 Å². The van der Waals surface area contributed by atoms with Crippen molar-refractivity contribution in [3.63, 3.8) is 0 Å². The summed E-state index contributed by atoms with van der Waals surface area (Å²) in [6.07, 6.45) is 3.00. The number of hydrogen-bond acceptors (Lipinski definition) is 5. The summed E-state index contributed by atoms with van der Waals surface area (Å²) < 4.78 is 0. The Balaban J connectivity index is 1.93. The van der Waals surface area contributed by atoms with Crippen molar-refractivity contribution in [2.24, 2.45) is 5.92 Å². The molecule has 2 heterocycles. The molecule has 1 aromatic rings. The van der Waals surface area contributed by atoms with Gasteiger partial charge >= 0.3 is 0 Å². The number of rotatable bonds is 4. The van der Waals surface area contributed by atoms with Gasteiger partial charge in [-0.3, -0.25) is 9.59 Å². The van der Waals surface area contributed by atoms with E-state index in [4.69, 9.17) is 0 Å². The summed E-state index contributed by atoms with van der Waals surface area (Å²) in [5.74, 6) is -0.0858. The number of nitrogens with one attached hydrogen (secondary N) is 1. The first-order valence-electron chi connectivity index (χ1n) is 7.05. The Labute approximate surface area is 122 Å². The van der Waals surface area contributed by atoms with E-state index in [2.05, 4.69) is 15.5 Å². The number of piperidine rings is 1. The van der Waals surface area contributed by atoms with Gasteiger partial charge in [-0.25, -0.2) is 0 Å². The van der Waals surface area contributed by atoms with Crippen LogP contribution in [-0.2, 0) is 16.0 Å². The first kappa shape index (κ1) is 14.9. The van der Waals surface area contributed by atoms with Crippen LogP contribution >= 0.6 is 11.3 Å². The normalized spacial score (nSPS) is 18.9. The number of anilines is 1. The molecule has 0 radical (unpaired) electrons. The number of nitrogens with zero attached hydrogens (tertiary/aromatic N) is 3. The van der Waals surface area contributed by atoms with Crippen LogP contribution in [0.15, 0.2) is 0 Å². The molecule has 20 heavy (non-hydrogen) atoms. The summed E-state index contributed by atoms with van der Waals surface area (Å²) in [5.41, 5.74) is 0. The number of amides is 2. The molecule has 0 aliphatic carbocycles. The van der Waals surface area contributed by atoms with Crippen molar-refractivity contribution >= 4 is 28.3 Å². The van der Waals surface area contributed by atoms with Crippen molar-refractivity contribution in [2.75, 3.05) is 18.4 Å². The molecule has 1 aliphatic rings. The lowest BCUT2D eigenvalue weighted by molar-refractivity contribution is -0.134. The van der Waals surface area contributed by atoms with Gasteiger partial charge in [0.2, 0.25) is 16.9 Å². The van der Waals surface area contributed by atoms with Gasteiger partial charge in [-0.2, -0.15) is 0 Å². The van der Waals surface area contributed by atoms with Crippen LogP contribution in [0.1, 0.15) is 38.1 Å². The fourth-order valence-corrected chi connectivity index (χ4v) is 2.98. The maximum atomic E-state index is 12.2. The largest absolute Gasteiger partial charge is 0.342 e. The van der Waals surface area contributed by atoms with E-state index in [1.165, 1.54) is 11.3 Å². The number of hydrogen-bond donors (Lipinski definition) is 1. The van der Waals surface area contributed by atoms with Crippen molar-refractivity contribution in [2.45, 2.75) is 39.5 Å². The average Bonchev–Trinajstić information content (AvgIpc) is 2.94. The molecule has 0 bridgehead atoms. The minimum Gasteiger partial charge on any atom is -0.342 e. The molecule has 110 valence electrons. The highest BCUT2D eigenvalue weighted by atomic mass is 32.1. The van der Waals surface area contributed by atoms with Gasteiger partial charge in [-0.15, -0.1) is 10.2 Å². The predicted molar refractivity (Wildman–Crippen MR) is 77.5 cm³/mol. The second-order valence-electron chi connectivity index (χ2n) is 4.88. The Hall–Kier alpha value is -1.50. The van der Waals surface area contributed by atoms with E-state index >= 15 is 0 Å². The van der Waals surface area contributed by atoms with E-state index in [1.807, 2.05) is 13.8 Å². The molecule has 1 saturated heterocycles. The number of carbonyl (C=O) groups is 2. The highest BCUT2D eigenvalue weighted by Crippen LogP contribution is 2.21. The standard InChI is InChI=1S/C13H20N4O2S/c1-3-10-15-16-13(20-10)14-12(19)9-6-5-7-17(8-9)11(18)4-2/h9H,3-8H2,1-2H3,(H,14,16,19). The minimum atomic E-state index is -0.145. The lowest BCUT2D eigenvalue weighted by atomic mass is 9.97. The Morgan fingerprint density at radius 2 is 2.20 bits per heavy atom. The maximum Gasteiger partial charge on any atom is 0.231 e. The van der Waals surface area contributed by atoms with Gasteiger partial charge in [-0.1, -0.05) is 25.2 Å².